The topological polar surface area (TPSA) is 70.4 Å². The highest BCUT2D eigenvalue weighted by molar-refractivity contribution is 8.18. The largest absolute Gasteiger partial charge is 0.488 e. The number of unbranched alkanes of at least 4 members (excludes halogenated alkanes) is 2. The Balaban J connectivity index is 1.76. The number of ether oxygens (including phenoxy) is 1. The summed E-state index contributed by atoms with van der Waals surface area (Å²) in [7, 11) is 0. The Morgan fingerprint density at radius 2 is 1.86 bits per heavy atom. The van der Waals surface area contributed by atoms with Gasteiger partial charge in [0.1, 0.15) is 12.4 Å². The third-order valence-electron chi connectivity index (χ3n) is 4.59. The molecule has 2 aromatic rings. The smallest absolute Gasteiger partial charge is 0.293 e. The maximum Gasteiger partial charge on any atom is 0.293 e. The third kappa shape index (κ3) is 5.07. The van der Waals surface area contributed by atoms with Gasteiger partial charge in [0.2, 0.25) is 0 Å². The molecule has 2 aromatic carbocycles. The van der Waals surface area contributed by atoms with E-state index in [9.17, 15) is 14.9 Å². The van der Waals surface area contributed by atoms with Crippen molar-refractivity contribution in [2.24, 2.45) is 0 Å². The van der Waals surface area contributed by atoms with Gasteiger partial charge in [0, 0.05) is 17.7 Å². The van der Waals surface area contributed by atoms with E-state index in [0.29, 0.717) is 22.8 Å². The summed E-state index contributed by atoms with van der Waals surface area (Å²) in [5.41, 5.74) is 2.08. The van der Waals surface area contributed by atoms with Gasteiger partial charge in [-0.25, -0.2) is 0 Å². The minimum Gasteiger partial charge on any atom is -0.488 e. The molecule has 0 radical (unpaired) electrons. The van der Waals surface area contributed by atoms with Crippen LogP contribution in [0.1, 0.15) is 42.9 Å². The van der Waals surface area contributed by atoms with E-state index < -0.39 is 0 Å². The summed E-state index contributed by atoms with van der Waals surface area (Å²) in [5.74, 6) is 0.346. The van der Waals surface area contributed by atoms with Gasteiger partial charge in [-0.2, -0.15) is 5.26 Å². The Morgan fingerprint density at radius 1 is 1.10 bits per heavy atom. The van der Waals surface area contributed by atoms with Crippen LogP contribution in [0, 0.1) is 11.3 Å². The summed E-state index contributed by atoms with van der Waals surface area (Å²) in [6.07, 6.45) is 4.55. The number of nitrogens with zero attached hydrogens (tertiary/aromatic N) is 2. The molecule has 1 fully saturated rings. The lowest BCUT2D eigenvalue weighted by molar-refractivity contribution is -0.122. The van der Waals surface area contributed by atoms with Crippen LogP contribution in [0.15, 0.2) is 53.4 Å². The third-order valence-corrected chi connectivity index (χ3v) is 5.49. The van der Waals surface area contributed by atoms with Gasteiger partial charge in [0.05, 0.1) is 16.5 Å². The molecule has 1 saturated heterocycles. The molecule has 1 heterocycles. The maximum absolute atomic E-state index is 12.6. The van der Waals surface area contributed by atoms with E-state index in [1.54, 1.807) is 12.1 Å². The van der Waals surface area contributed by atoms with Crippen LogP contribution in [-0.2, 0) is 11.4 Å². The fourth-order valence-electron chi connectivity index (χ4n) is 3.00. The van der Waals surface area contributed by atoms with Crippen molar-refractivity contribution in [1.82, 2.24) is 4.90 Å². The van der Waals surface area contributed by atoms with E-state index in [-0.39, 0.29) is 17.8 Å². The zero-order valence-corrected chi connectivity index (χ0v) is 17.1. The Hall–Kier alpha value is -3.04. The molecule has 5 nitrogen and oxygen atoms in total. The molecule has 3 rings (SSSR count). The van der Waals surface area contributed by atoms with Gasteiger partial charge in [0.25, 0.3) is 11.1 Å². The molecule has 1 aliphatic heterocycles. The summed E-state index contributed by atoms with van der Waals surface area (Å²) < 4.78 is 5.93. The van der Waals surface area contributed by atoms with Crippen molar-refractivity contribution in [2.75, 3.05) is 6.54 Å². The van der Waals surface area contributed by atoms with Crippen LogP contribution in [0.25, 0.3) is 6.08 Å². The van der Waals surface area contributed by atoms with Crippen LogP contribution < -0.4 is 4.74 Å². The molecular formula is C23H22N2O3S. The van der Waals surface area contributed by atoms with Crippen molar-refractivity contribution in [2.45, 2.75) is 32.8 Å². The monoisotopic (exact) mass is 406 g/mol. The van der Waals surface area contributed by atoms with Crippen LogP contribution in [0.5, 0.6) is 5.75 Å². The number of thioether (sulfide) groups is 1. The van der Waals surface area contributed by atoms with Crippen LogP contribution >= 0.6 is 11.8 Å². The molecule has 0 atom stereocenters. The van der Waals surface area contributed by atoms with Crippen molar-refractivity contribution in [3.05, 3.63) is 70.1 Å². The molecule has 0 saturated carbocycles. The van der Waals surface area contributed by atoms with Crippen molar-refractivity contribution in [1.29, 1.82) is 5.26 Å². The standard InChI is InChI=1S/C23H22N2O3S/c1-2-3-8-13-25-22(26)21(29-23(25)27)14-17-9-6-7-12-20(17)28-16-19-11-5-4-10-18(19)15-24/h4-7,9-12,14H,2-3,8,13,16H2,1H3/b21-14-. The number of rotatable bonds is 8. The highest BCUT2D eigenvalue weighted by Crippen LogP contribution is 2.34. The molecular weight excluding hydrogens is 384 g/mol. The molecule has 0 unspecified atom stereocenters. The number of benzene rings is 2. The van der Waals surface area contributed by atoms with Gasteiger partial charge in [-0.3, -0.25) is 14.5 Å². The first-order valence-corrected chi connectivity index (χ1v) is 10.4. The molecule has 0 spiro atoms. The van der Waals surface area contributed by atoms with E-state index in [1.807, 2.05) is 42.5 Å². The molecule has 148 valence electrons. The van der Waals surface area contributed by atoms with E-state index in [4.69, 9.17) is 4.74 Å². The number of amides is 2. The highest BCUT2D eigenvalue weighted by atomic mass is 32.2. The van der Waals surface area contributed by atoms with Crippen LogP contribution in [0.2, 0.25) is 0 Å². The molecule has 0 N–H and O–H groups in total. The summed E-state index contributed by atoms with van der Waals surface area (Å²) >= 11 is 0.964. The van der Waals surface area contributed by atoms with Gasteiger partial charge in [-0.15, -0.1) is 0 Å². The molecule has 6 heteroatoms. The van der Waals surface area contributed by atoms with Gasteiger partial charge < -0.3 is 4.74 Å². The second kappa shape index (κ2) is 9.94. The van der Waals surface area contributed by atoms with E-state index in [2.05, 4.69) is 13.0 Å². The first kappa shape index (κ1) is 20.7. The second-order valence-corrected chi connectivity index (χ2v) is 7.63. The van der Waals surface area contributed by atoms with Crippen molar-refractivity contribution in [3.8, 4) is 11.8 Å². The average Bonchev–Trinajstić information content (AvgIpc) is 3.01. The van der Waals surface area contributed by atoms with E-state index in [1.165, 1.54) is 4.90 Å². The number of carbonyl (C=O) groups is 2. The Bertz CT molecular complexity index is 978. The van der Waals surface area contributed by atoms with Crippen LogP contribution in [-0.4, -0.2) is 22.6 Å². The number of hydrogen-bond acceptors (Lipinski definition) is 5. The van der Waals surface area contributed by atoms with E-state index in [0.717, 1.165) is 42.2 Å². The molecule has 1 aliphatic rings. The van der Waals surface area contributed by atoms with E-state index >= 15 is 0 Å². The average molecular weight is 407 g/mol. The minimum absolute atomic E-state index is 0.223. The fraction of sp³-hybridized carbons (Fsp3) is 0.261. The summed E-state index contributed by atoms with van der Waals surface area (Å²) in [4.78, 5) is 26.6. The zero-order valence-electron chi connectivity index (χ0n) is 16.3. The quantitative estimate of drug-likeness (QED) is 0.436. The lowest BCUT2D eigenvalue weighted by atomic mass is 10.1. The molecule has 0 aliphatic carbocycles. The fourth-order valence-corrected chi connectivity index (χ4v) is 3.85. The Morgan fingerprint density at radius 3 is 2.66 bits per heavy atom. The maximum atomic E-state index is 12.6. The van der Waals surface area contributed by atoms with Crippen molar-refractivity contribution in [3.63, 3.8) is 0 Å². The molecule has 0 bridgehead atoms. The number of para-hydroxylation sites is 1. The predicted molar refractivity (Wildman–Crippen MR) is 114 cm³/mol. The Labute approximate surface area is 175 Å². The minimum atomic E-state index is -0.249. The SMILES string of the molecule is CCCCCN1C(=O)S/C(=C\c2ccccc2OCc2ccccc2C#N)C1=O. The number of hydrogen-bond donors (Lipinski definition) is 0. The van der Waals surface area contributed by atoms with Gasteiger partial charge in [-0.05, 0) is 36.4 Å². The predicted octanol–water partition coefficient (Wildman–Crippen LogP) is 5.36. The number of imide groups is 1. The van der Waals surface area contributed by atoms with Crippen molar-refractivity contribution >= 4 is 29.0 Å². The lowest BCUT2D eigenvalue weighted by Gasteiger charge is -2.12. The zero-order chi connectivity index (χ0) is 20.6. The molecule has 0 aromatic heterocycles. The summed E-state index contributed by atoms with van der Waals surface area (Å²) in [5, 5.41) is 9.00. The molecule has 29 heavy (non-hydrogen) atoms. The highest BCUT2D eigenvalue weighted by Gasteiger charge is 2.34. The van der Waals surface area contributed by atoms with Crippen LogP contribution in [0.3, 0.4) is 0 Å². The second-order valence-electron chi connectivity index (χ2n) is 6.64. The number of carbonyl (C=O) groups excluding carboxylic acids is 2. The first-order chi connectivity index (χ1) is 14.1. The Kier molecular flexibility index (Phi) is 7.09. The lowest BCUT2D eigenvalue weighted by Crippen LogP contribution is -2.29. The first-order valence-electron chi connectivity index (χ1n) is 9.59. The summed E-state index contributed by atoms with van der Waals surface area (Å²) in [6, 6.07) is 16.8. The van der Waals surface area contributed by atoms with Crippen LogP contribution in [0.4, 0.5) is 4.79 Å². The van der Waals surface area contributed by atoms with Gasteiger partial charge in [0.15, 0.2) is 0 Å². The van der Waals surface area contributed by atoms with Gasteiger partial charge >= 0.3 is 0 Å². The van der Waals surface area contributed by atoms with Crippen molar-refractivity contribution < 1.29 is 14.3 Å². The normalized spacial score (nSPS) is 15.0. The molecule has 2 amide bonds. The number of nitriles is 1. The van der Waals surface area contributed by atoms with Gasteiger partial charge in [-0.1, -0.05) is 56.2 Å². The summed E-state index contributed by atoms with van der Waals surface area (Å²) in [6.45, 7) is 2.78.